The van der Waals surface area contributed by atoms with Crippen LogP contribution in [0.25, 0.3) is 0 Å². The lowest BCUT2D eigenvalue weighted by molar-refractivity contribution is 0.479. The standard InChI is InChI=1S/C17H26O3S/c1-17(2,3)13-12-16(15-9-5-4-6-10-15)11-7-8-14-21(18,19)20/h4-6,9-10,12-13,16H,7-8,11,14H2,1-3H3,(H,18,19,20). The van der Waals surface area contributed by atoms with E-state index in [2.05, 4.69) is 45.1 Å². The Morgan fingerprint density at radius 1 is 1.14 bits per heavy atom. The monoisotopic (exact) mass is 310 g/mol. The Morgan fingerprint density at radius 2 is 1.76 bits per heavy atom. The zero-order valence-corrected chi connectivity index (χ0v) is 13.9. The third kappa shape index (κ3) is 8.68. The fourth-order valence-corrected chi connectivity index (χ4v) is 2.70. The van der Waals surface area contributed by atoms with E-state index < -0.39 is 10.1 Å². The summed E-state index contributed by atoms with van der Waals surface area (Å²) in [7, 11) is -3.84. The Morgan fingerprint density at radius 3 is 2.29 bits per heavy atom. The van der Waals surface area contributed by atoms with Gasteiger partial charge in [-0.3, -0.25) is 4.55 Å². The molecule has 1 unspecified atom stereocenters. The minimum absolute atomic E-state index is 0.126. The van der Waals surface area contributed by atoms with Crippen LogP contribution in [0.2, 0.25) is 0 Å². The molecule has 0 aliphatic rings. The molecule has 0 amide bonds. The molecule has 0 spiro atoms. The van der Waals surface area contributed by atoms with Gasteiger partial charge in [-0.05, 0) is 23.8 Å². The number of unbranched alkanes of at least 4 members (excludes halogenated alkanes) is 1. The van der Waals surface area contributed by atoms with Crippen LogP contribution in [0.4, 0.5) is 0 Å². The van der Waals surface area contributed by atoms with Gasteiger partial charge in [0.1, 0.15) is 0 Å². The van der Waals surface area contributed by atoms with Crippen LogP contribution >= 0.6 is 0 Å². The number of allylic oxidation sites excluding steroid dienone is 2. The van der Waals surface area contributed by atoms with Gasteiger partial charge < -0.3 is 0 Å². The molecule has 21 heavy (non-hydrogen) atoms. The maximum atomic E-state index is 10.7. The van der Waals surface area contributed by atoms with E-state index in [4.69, 9.17) is 4.55 Å². The van der Waals surface area contributed by atoms with Crippen molar-refractivity contribution in [2.45, 2.75) is 46.0 Å². The summed E-state index contributed by atoms with van der Waals surface area (Å²) < 4.78 is 30.3. The normalized spacial score (nSPS) is 14.5. The average molecular weight is 310 g/mol. The van der Waals surface area contributed by atoms with Crippen molar-refractivity contribution in [1.82, 2.24) is 0 Å². The van der Waals surface area contributed by atoms with Crippen LogP contribution in [-0.2, 0) is 10.1 Å². The van der Waals surface area contributed by atoms with Crippen molar-refractivity contribution in [2.75, 3.05) is 5.75 Å². The molecule has 0 heterocycles. The van der Waals surface area contributed by atoms with Crippen molar-refractivity contribution in [1.29, 1.82) is 0 Å². The third-order valence-electron chi connectivity index (χ3n) is 3.22. The quantitative estimate of drug-likeness (QED) is 0.460. The lowest BCUT2D eigenvalue weighted by Gasteiger charge is -2.17. The minimum atomic E-state index is -3.84. The van der Waals surface area contributed by atoms with Crippen LogP contribution in [0.5, 0.6) is 0 Å². The molecule has 0 saturated carbocycles. The highest BCUT2D eigenvalue weighted by Crippen LogP contribution is 2.26. The zero-order valence-electron chi connectivity index (χ0n) is 13.1. The Hall–Kier alpha value is -1.13. The molecule has 0 aliphatic carbocycles. The van der Waals surface area contributed by atoms with E-state index in [1.54, 1.807) is 0 Å². The van der Waals surface area contributed by atoms with E-state index in [-0.39, 0.29) is 17.1 Å². The number of hydrogen-bond acceptors (Lipinski definition) is 2. The lowest BCUT2D eigenvalue weighted by atomic mass is 9.89. The third-order valence-corrected chi connectivity index (χ3v) is 4.03. The van der Waals surface area contributed by atoms with E-state index in [0.29, 0.717) is 6.42 Å². The molecule has 0 aliphatic heterocycles. The first-order valence-corrected chi connectivity index (χ1v) is 8.98. The van der Waals surface area contributed by atoms with Gasteiger partial charge in [0.2, 0.25) is 0 Å². The van der Waals surface area contributed by atoms with Crippen LogP contribution in [0.15, 0.2) is 42.5 Å². The van der Waals surface area contributed by atoms with Crippen LogP contribution in [-0.4, -0.2) is 18.7 Å². The summed E-state index contributed by atoms with van der Waals surface area (Å²) in [5, 5.41) is 0. The Balaban J connectivity index is 2.68. The van der Waals surface area contributed by atoms with Gasteiger partial charge in [-0.15, -0.1) is 0 Å². The molecular weight excluding hydrogens is 284 g/mol. The molecule has 1 aromatic rings. The molecule has 1 N–H and O–H groups in total. The molecule has 1 atom stereocenters. The van der Waals surface area contributed by atoms with Crippen molar-refractivity contribution in [2.24, 2.45) is 5.41 Å². The van der Waals surface area contributed by atoms with E-state index in [9.17, 15) is 8.42 Å². The van der Waals surface area contributed by atoms with Crippen LogP contribution < -0.4 is 0 Å². The Kier molecular flexibility index (Phi) is 6.62. The lowest BCUT2D eigenvalue weighted by Crippen LogP contribution is -2.05. The highest BCUT2D eigenvalue weighted by Gasteiger charge is 2.11. The second-order valence-corrected chi connectivity index (χ2v) is 8.10. The fraction of sp³-hybridized carbons (Fsp3) is 0.529. The van der Waals surface area contributed by atoms with Gasteiger partial charge >= 0.3 is 0 Å². The summed E-state index contributed by atoms with van der Waals surface area (Å²) in [5.41, 5.74) is 1.37. The van der Waals surface area contributed by atoms with Gasteiger partial charge in [0.25, 0.3) is 10.1 Å². The summed E-state index contributed by atoms with van der Waals surface area (Å²) in [6.45, 7) is 6.47. The van der Waals surface area contributed by atoms with Crippen LogP contribution in [0.3, 0.4) is 0 Å². The van der Waals surface area contributed by atoms with Crippen molar-refractivity contribution in [3.63, 3.8) is 0 Å². The number of benzene rings is 1. The van der Waals surface area contributed by atoms with E-state index in [1.807, 2.05) is 18.2 Å². The molecule has 0 bridgehead atoms. The van der Waals surface area contributed by atoms with Crippen molar-refractivity contribution >= 4 is 10.1 Å². The highest BCUT2D eigenvalue weighted by atomic mass is 32.2. The van der Waals surface area contributed by atoms with Gasteiger partial charge in [-0.25, -0.2) is 0 Å². The van der Waals surface area contributed by atoms with Crippen LogP contribution in [0, 0.1) is 5.41 Å². The second-order valence-electron chi connectivity index (χ2n) is 6.52. The molecule has 0 saturated heterocycles. The maximum Gasteiger partial charge on any atom is 0.264 e. The molecule has 118 valence electrons. The summed E-state index contributed by atoms with van der Waals surface area (Å²) in [6.07, 6.45) is 6.56. The average Bonchev–Trinajstić information content (AvgIpc) is 2.36. The molecule has 1 rings (SSSR count). The van der Waals surface area contributed by atoms with Crippen LogP contribution in [0.1, 0.15) is 51.5 Å². The zero-order chi connectivity index (χ0) is 15.9. The number of rotatable bonds is 7. The van der Waals surface area contributed by atoms with E-state index >= 15 is 0 Å². The first-order valence-electron chi connectivity index (χ1n) is 7.37. The molecule has 0 radical (unpaired) electrons. The first kappa shape index (κ1) is 17.9. The fourth-order valence-electron chi connectivity index (χ4n) is 2.13. The van der Waals surface area contributed by atoms with Gasteiger partial charge in [0, 0.05) is 5.92 Å². The summed E-state index contributed by atoms with van der Waals surface area (Å²) >= 11 is 0. The Bertz CT molecular complexity index is 539. The molecule has 0 fully saturated rings. The Labute approximate surface area is 128 Å². The van der Waals surface area contributed by atoms with Gasteiger partial charge in [-0.2, -0.15) is 8.42 Å². The SMILES string of the molecule is CC(C)(C)C=CC(CCCCS(=O)(=O)O)c1ccccc1. The van der Waals surface area contributed by atoms with E-state index in [0.717, 1.165) is 12.8 Å². The largest absolute Gasteiger partial charge is 0.286 e. The van der Waals surface area contributed by atoms with Gasteiger partial charge in [0.15, 0.2) is 0 Å². The maximum absolute atomic E-state index is 10.7. The topological polar surface area (TPSA) is 54.4 Å². The summed E-state index contributed by atoms with van der Waals surface area (Å²) in [5.74, 6) is 0.129. The second kappa shape index (κ2) is 7.76. The van der Waals surface area contributed by atoms with Crippen molar-refractivity contribution in [3.8, 4) is 0 Å². The molecule has 0 aromatic heterocycles. The van der Waals surface area contributed by atoms with Gasteiger partial charge in [0.05, 0.1) is 5.75 Å². The predicted molar refractivity (Wildman–Crippen MR) is 88.0 cm³/mol. The number of hydrogen-bond donors (Lipinski definition) is 1. The van der Waals surface area contributed by atoms with Crippen molar-refractivity contribution < 1.29 is 13.0 Å². The molecule has 4 heteroatoms. The van der Waals surface area contributed by atoms with E-state index in [1.165, 1.54) is 5.56 Å². The van der Waals surface area contributed by atoms with Gasteiger partial charge in [-0.1, -0.05) is 69.7 Å². The highest BCUT2D eigenvalue weighted by molar-refractivity contribution is 7.85. The predicted octanol–water partition coefficient (Wildman–Crippen LogP) is 4.43. The first-order chi connectivity index (χ1) is 9.67. The molecule has 1 aromatic carbocycles. The summed E-state index contributed by atoms with van der Waals surface area (Å²) in [6, 6.07) is 10.2. The molecule has 3 nitrogen and oxygen atoms in total. The minimum Gasteiger partial charge on any atom is -0.286 e. The van der Waals surface area contributed by atoms with Crippen molar-refractivity contribution in [3.05, 3.63) is 48.0 Å². The summed E-state index contributed by atoms with van der Waals surface area (Å²) in [4.78, 5) is 0. The smallest absolute Gasteiger partial charge is 0.264 e. The molecular formula is C17H26O3S.